The summed E-state index contributed by atoms with van der Waals surface area (Å²) in [6, 6.07) is 71.7. The number of benzene rings is 10. The van der Waals surface area contributed by atoms with E-state index in [1.165, 1.54) is 76.8 Å². The first kappa shape index (κ1) is 36.4. The Kier molecular flexibility index (Phi) is 8.68. The average molecular weight is 779 g/mol. The van der Waals surface area contributed by atoms with E-state index in [4.69, 9.17) is 10.4 Å². The largest absolute Gasteiger partial charge is 0.282 e. The molecule has 0 fully saturated rings. The van der Waals surface area contributed by atoms with E-state index in [0.29, 0.717) is 0 Å². The van der Waals surface area contributed by atoms with Crippen LogP contribution in [-0.2, 0) is 5.41 Å². The first-order chi connectivity index (χ1) is 29.9. The van der Waals surface area contributed by atoms with Crippen LogP contribution in [0, 0.1) is 5.41 Å². The Morgan fingerprint density at radius 1 is 0.443 bits per heavy atom. The maximum absolute atomic E-state index is 8.93. The number of allylic oxidation sites excluding steroid dienone is 1. The molecule has 1 aliphatic rings. The van der Waals surface area contributed by atoms with Crippen LogP contribution in [0.3, 0.4) is 0 Å². The summed E-state index contributed by atoms with van der Waals surface area (Å²) >= 11 is 0. The molecule has 0 saturated heterocycles. The molecule has 1 N–H and O–H groups in total. The minimum Gasteiger partial charge on any atom is -0.282 e. The number of hydrogen-bond acceptors (Lipinski definition) is 1. The maximum Gasteiger partial charge on any atom is 0.152 e. The Bertz CT molecular complexity index is 3460. The average Bonchev–Trinajstić information content (AvgIpc) is 3.55. The van der Waals surface area contributed by atoms with Crippen molar-refractivity contribution in [1.82, 2.24) is 0 Å². The molecule has 1 aliphatic carbocycles. The summed E-state index contributed by atoms with van der Waals surface area (Å²) < 4.78 is 0. The van der Waals surface area contributed by atoms with Crippen molar-refractivity contribution in [3.63, 3.8) is 0 Å². The van der Waals surface area contributed by atoms with Gasteiger partial charge in [-0.1, -0.05) is 208 Å². The third kappa shape index (κ3) is 6.19. The van der Waals surface area contributed by atoms with Crippen LogP contribution in [-0.4, -0.2) is 11.5 Å². The summed E-state index contributed by atoms with van der Waals surface area (Å²) in [7, 11) is 0. The lowest BCUT2D eigenvalue weighted by molar-refractivity contribution is 0.661. The Morgan fingerprint density at radius 3 is 1.79 bits per heavy atom. The Balaban J connectivity index is 1.01. The second-order valence-corrected chi connectivity index (χ2v) is 16.7. The molecule has 0 bridgehead atoms. The van der Waals surface area contributed by atoms with Gasteiger partial charge >= 0.3 is 0 Å². The topological polar surface area (TPSA) is 36.2 Å². The van der Waals surface area contributed by atoms with Crippen molar-refractivity contribution in [3.05, 3.63) is 234 Å². The van der Waals surface area contributed by atoms with Gasteiger partial charge in [-0.2, -0.15) is 0 Å². The highest BCUT2D eigenvalue weighted by molar-refractivity contribution is 6.19. The molecule has 10 aromatic rings. The number of rotatable bonds is 6. The van der Waals surface area contributed by atoms with Crippen LogP contribution in [0.25, 0.3) is 82.5 Å². The van der Waals surface area contributed by atoms with Crippen molar-refractivity contribution in [2.75, 3.05) is 0 Å². The molecule has 2 heteroatoms. The van der Waals surface area contributed by atoms with Crippen LogP contribution < -0.4 is 0 Å². The second kappa shape index (κ2) is 14.5. The predicted molar refractivity (Wildman–Crippen MR) is 260 cm³/mol. The Morgan fingerprint density at radius 2 is 1.02 bits per heavy atom. The van der Waals surface area contributed by atoms with Crippen molar-refractivity contribution in [3.8, 4) is 33.4 Å². The fourth-order valence-corrected chi connectivity index (χ4v) is 9.68. The van der Waals surface area contributed by atoms with Crippen LogP contribution in [0.4, 0.5) is 0 Å². The predicted octanol–water partition coefficient (Wildman–Crippen LogP) is 15.5. The highest BCUT2D eigenvalue weighted by atomic mass is 14.8. The summed E-state index contributed by atoms with van der Waals surface area (Å²) in [6.45, 7) is 4.72. The quantitative estimate of drug-likeness (QED) is 0.129. The van der Waals surface area contributed by atoms with Crippen LogP contribution in [0.2, 0.25) is 0 Å². The number of amidine groups is 1. The van der Waals surface area contributed by atoms with Crippen molar-refractivity contribution in [2.24, 2.45) is 4.99 Å². The molecule has 0 spiro atoms. The molecule has 11 rings (SSSR count). The molecule has 0 atom stereocenters. The summed E-state index contributed by atoms with van der Waals surface area (Å²) in [5.74, 6) is 0.228. The summed E-state index contributed by atoms with van der Waals surface area (Å²) in [5.41, 5.74) is 13.9. The molecule has 0 aromatic heterocycles. The monoisotopic (exact) mass is 778 g/mol. The highest BCUT2D eigenvalue weighted by Gasteiger charge is 2.36. The van der Waals surface area contributed by atoms with Gasteiger partial charge in [0.15, 0.2) is 5.84 Å². The van der Waals surface area contributed by atoms with Gasteiger partial charge in [-0.25, -0.2) is 4.99 Å². The Labute approximate surface area is 356 Å². The number of hydrogen-bond donors (Lipinski definition) is 1. The van der Waals surface area contributed by atoms with Crippen molar-refractivity contribution >= 4 is 60.7 Å². The molecule has 61 heavy (non-hydrogen) atoms. The molecule has 288 valence electrons. The molecule has 0 amide bonds. The summed E-state index contributed by atoms with van der Waals surface area (Å²) in [5, 5.41) is 18.6. The number of aliphatic imine (C=N–C) groups is 1. The summed E-state index contributed by atoms with van der Waals surface area (Å²) in [4.78, 5) is 4.92. The molecule has 2 nitrogen and oxygen atoms in total. The van der Waals surface area contributed by atoms with Crippen LogP contribution in [0.1, 0.15) is 41.7 Å². The third-order valence-electron chi connectivity index (χ3n) is 12.8. The van der Waals surface area contributed by atoms with Gasteiger partial charge in [-0.15, -0.1) is 0 Å². The second-order valence-electron chi connectivity index (χ2n) is 16.7. The van der Waals surface area contributed by atoms with E-state index in [1.54, 1.807) is 0 Å². The fourth-order valence-electron chi connectivity index (χ4n) is 9.68. The van der Waals surface area contributed by atoms with Gasteiger partial charge in [0.1, 0.15) is 0 Å². The Hall–Kier alpha value is -7.68. The molecule has 0 radical (unpaired) electrons. The smallest absolute Gasteiger partial charge is 0.152 e. The fraction of sp³-hybridized carbons (Fsp3) is 0.0508. The lowest BCUT2D eigenvalue weighted by Gasteiger charge is -2.22. The molecule has 0 saturated carbocycles. The van der Waals surface area contributed by atoms with Crippen LogP contribution in [0.5, 0.6) is 0 Å². The molecule has 10 aromatic carbocycles. The SMILES string of the molecule is CC1(C)c2ccc(-c3ccc(-c4ccc(/C=C/C(=NC(=N)c5ccccc5)c5ccc6ccccc6c5)c5ccccc45)c4ccccc34)cc2-c2c1ccc1ccccc21. The van der Waals surface area contributed by atoms with E-state index in [1.807, 2.05) is 30.3 Å². The zero-order valence-electron chi connectivity index (χ0n) is 34.2. The first-order valence-corrected chi connectivity index (χ1v) is 21.0. The molecular formula is C59H42N2. The van der Waals surface area contributed by atoms with Gasteiger partial charge in [0.25, 0.3) is 0 Å². The van der Waals surface area contributed by atoms with Crippen LogP contribution in [0.15, 0.2) is 211 Å². The van der Waals surface area contributed by atoms with Crippen molar-refractivity contribution in [2.45, 2.75) is 19.3 Å². The summed E-state index contributed by atoms with van der Waals surface area (Å²) in [6.07, 6.45) is 4.21. The zero-order valence-corrected chi connectivity index (χ0v) is 34.2. The number of nitrogens with one attached hydrogen (secondary N) is 1. The normalized spacial score (nSPS) is 13.3. The van der Waals surface area contributed by atoms with Crippen molar-refractivity contribution < 1.29 is 0 Å². The minimum atomic E-state index is -0.0719. The van der Waals surface area contributed by atoms with Gasteiger partial charge in [0, 0.05) is 16.5 Å². The first-order valence-electron chi connectivity index (χ1n) is 21.0. The standard InChI is InChI=1S/C59H42N2/c1-59(2)54-33-28-43(37-53(54)57-47-20-9-8-15-39(47)27-34-55(57)59)46-31-32-52(50-23-13-12-22-49(46)50)51-30-26-40(45-19-10-11-21-48(45)51)29-35-56(61-58(60)41-16-4-3-5-17-41)44-25-24-38-14-6-7-18-42(38)36-44/h3-37,60H,1-2H3/b35-29+,60-58?,61-56?. The molecule has 0 unspecified atom stereocenters. The number of nitrogens with zero attached hydrogens (tertiary/aromatic N) is 1. The van der Waals surface area contributed by atoms with E-state index in [0.717, 1.165) is 33.2 Å². The molecular weight excluding hydrogens is 737 g/mol. The van der Waals surface area contributed by atoms with E-state index in [2.05, 4.69) is 196 Å². The van der Waals surface area contributed by atoms with E-state index in [-0.39, 0.29) is 11.3 Å². The lowest BCUT2D eigenvalue weighted by Crippen LogP contribution is -2.14. The van der Waals surface area contributed by atoms with E-state index in [9.17, 15) is 0 Å². The van der Waals surface area contributed by atoms with Gasteiger partial charge < -0.3 is 0 Å². The number of fused-ring (bicyclic) bond motifs is 8. The van der Waals surface area contributed by atoms with E-state index >= 15 is 0 Å². The van der Waals surface area contributed by atoms with E-state index < -0.39 is 0 Å². The minimum absolute atomic E-state index is 0.0719. The van der Waals surface area contributed by atoms with Crippen LogP contribution >= 0.6 is 0 Å². The van der Waals surface area contributed by atoms with Gasteiger partial charge in [0.2, 0.25) is 0 Å². The molecule has 0 heterocycles. The van der Waals surface area contributed by atoms with Gasteiger partial charge in [-0.05, 0) is 111 Å². The molecule has 0 aliphatic heterocycles. The lowest BCUT2D eigenvalue weighted by atomic mass is 9.81. The van der Waals surface area contributed by atoms with Crippen molar-refractivity contribution in [1.29, 1.82) is 5.41 Å². The maximum atomic E-state index is 8.93. The third-order valence-corrected chi connectivity index (χ3v) is 12.8. The highest BCUT2D eigenvalue weighted by Crippen LogP contribution is 2.52. The van der Waals surface area contributed by atoms with Gasteiger partial charge in [-0.3, -0.25) is 5.41 Å². The zero-order chi connectivity index (χ0) is 41.1. The van der Waals surface area contributed by atoms with Gasteiger partial charge in [0.05, 0.1) is 5.71 Å².